The third-order valence-corrected chi connectivity index (χ3v) is 4.75. The van der Waals surface area contributed by atoms with E-state index in [0.29, 0.717) is 11.1 Å². The van der Waals surface area contributed by atoms with Gasteiger partial charge in [0.25, 0.3) is 0 Å². The smallest absolute Gasteiger partial charge is 0.338 e. The Hall–Kier alpha value is -5.14. The number of hydrogen-bond donors (Lipinski definition) is 6. The molecule has 3 rings (SSSR count). The molecule has 0 aromatic heterocycles. The van der Waals surface area contributed by atoms with Crippen molar-refractivity contribution >= 4 is 23.9 Å². The number of phenolic OH excluding ortho intramolecular Hbond substituents is 3. The van der Waals surface area contributed by atoms with Crippen LogP contribution in [-0.4, -0.2) is 75.8 Å². The lowest BCUT2D eigenvalue weighted by Gasteiger charge is -2.03. The number of esters is 3. The van der Waals surface area contributed by atoms with Crippen molar-refractivity contribution in [1.29, 1.82) is 0 Å². The Morgan fingerprint density at radius 1 is 0.537 bits per heavy atom. The van der Waals surface area contributed by atoms with E-state index in [1.165, 1.54) is 69.9 Å². The van der Waals surface area contributed by atoms with E-state index in [1.54, 1.807) is 0 Å². The molecule has 0 amide bonds. The van der Waals surface area contributed by atoms with Crippen LogP contribution in [0.2, 0.25) is 0 Å². The lowest BCUT2D eigenvalue weighted by atomic mass is 10.1. The van der Waals surface area contributed by atoms with Crippen molar-refractivity contribution in [3.63, 3.8) is 0 Å². The molecule has 3 aromatic rings. The molecule has 0 aliphatic rings. The van der Waals surface area contributed by atoms with Gasteiger partial charge in [0.2, 0.25) is 0 Å². The number of hydrogen-bond acceptors (Lipinski definition) is 12. The molecule has 0 radical (unpaired) electrons. The Kier molecular flexibility index (Phi) is 15.3. The number of aliphatic hydroxyl groups excluding tert-OH is 2. The van der Waals surface area contributed by atoms with Crippen LogP contribution in [0.5, 0.6) is 17.2 Å². The van der Waals surface area contributed by atoms with E-state index in [0.717, 1.165) is 6.07 Å². The average molecular weight is 577 g/mol. The highest BCUT2D eigenvalue weighted by molar-refractivity contribution is 5.96. The topological polar surface area (TPSA) is 217 Å². The fourth-order valence-electron chi connectivity index (χ4n) is 2.97. The Morgan fingerprint density at radius 3 is 1.15 bits per heavy atom. The van der Waals surface area contributed by atoms with Crippen molar-refractivity contribution in [2.45, 2.75) is 20.6 Å². The molecule has 222 valence electrons. The van der Waals surface area contributed by atoms with Crippen LogP contribution in [0.25, 0.3) is 0 Å². The second-order valence-electron chi connectivity index (χ2n) is 7.64. The fourth-order valence-corrected chi connectivity index (χ4v) is 2.97. The van der Waals surface area contributed by atoms with Gasteiger partial charge in [-0.3, -0.25) is 0 Å². The Morgan fingerprint density at radius 2 is 0.829 bits per heavy atom. The molecule has 0 bridgehead atoms. The third-order valence-electron chi connectivity index (χ3n) is 4.75. The van der Waals surface area contributed by atoms with Crippen LogP contribution >= 0.6 is 0 Å². The maximum atomic E-state index is 11.1. The standard InChI is InChI=1S/C10H10O5.C9H10O4.C8H8O4.CH4/c1-14-9(12)6-3-7(10(13)15-2)5-8(11)4-6;1-13-9(12)7-2-6(5-10)3-8(11)4-7;9-4-5-1-6(8(11)12)3-7(10)2-5;/h3-5,11H,1-2H3;2-4,10-11H,5H2,1H3;1-3,9-10H,4H2,(H,11,12);1H4. The Balaban J connectivity index is 0.000000582. The van der Waals surface area contributed by atoms with Gasteiger partial charge in [-0.1, -0.05) is 7.43 Å². The molecule has 0 heterocycles. The number of methoxy groups -OCH3 is 3. The SMILES string of the molecule is C.COC(=O)c1cc(O)cc(C(=O)OC)c1.COC(=O)c1cc(O)cc(CO)c1.O=C(O)c1cc(O)cc(CO)c1. The predicted molar refractivity (Wildman–Crippen MR) is 144 cm³/mol. The van der Waals surface area contributed by atoms with Crippen LogP contribution in [0.1, 0.15) is 60.0 Å². The van der Waals surface area contributed by atoms with Gasteiger partial charge in [0.1, 0.15) is 17.2 Å². The highest BCUT2D eigenvalue weighted by Crippen LogP contribution is 2.18. The van der Waals surface area contributed by atoms with Crippen molar-refractivity contribution in [3.05, 3.63) is 88.0 Å². The monoisotopic (exact) mass is 576 g/mol. The summed E-state index contributed by atoms with van der Waals surface area (Å²) in [5, 5.41) is 53.4. The first-order valence-electron chi connectivity index (χ1n) is 11.1. The first-order chi connectivity index (χ1) is 18.9. The summed E-state index contributed by atoms with van der Waals surface area (Å²) >= 11 is 0. The molecule has 13 heteroatoms. The Bertz CT molecular complexity index is 1310. The zero-order valence-corrected chi connectivity index (χ0v) is 21.7. The maximum absolute atomic E-state index is 11.1. The van der Waals surface area contributed by atoms with Gasteiger partial charge in [0.05, 0.1) is 56.8 Å². The Labute approximate surface area is 235 Å². The molecule has 0 unspecified atom stereocenters. The minimum Gasteiger partial charge on any atom is -0.508 e. The quantitative estimate of drug-likeness (QED) is 0.184. The normalized spacial score (nSPS) is 9.39. The number of phenols is 3. The number of benzene rings is 3. The minimum absolute atomic E-state index is 0. The van der Waals surface area contributed by atoms with Gasteiger partial charge in [0.15, 0.2) is 0 Å². The molecule has 6 N–H and O–H groups in total. The number of rotatable bonds is 6. The number of ether oxygens (including phenoxy) is 3. The van der Waals surface area contributed by atoms with Gasteiger partial charge < -0.3 is 44.8 Å². The van der Waals surface area contributed by atoms with E-state index in [-0.39, 0.29) is 60.1 Å². The molecule has 0 aliphatic carbocycles. The summed E-state index contributed by atoms with van der Waals surface area (Å²) in [6.07, 6.45) is 0. The molecule has 0 aliphatic heterocycles. The number of aromatic hydroxyl groups is 3. The van der Waals surface area contributed by atoms with E-state index in [1.807, 2.05) is 0 Å². The van der Waals surface area contributed by atoms with E-state index in [9.17, 15) is 24.3 Å². The number of carbonyl (C=O) groups excluding carboxylic acids is 3. The average Bonchev–Trinajstić information content (AvgIpc) is 2.95. The van der Waals surface area contributed by atoms with Gasteiger partial charge >= 0.3 is 23.9 Å². The fraction of sp³-hybridized carbons (Fsp3) is 0.214. The van der Waals surface area contributed by atoms with E-state index in [2.05, 4.69) is 14.2 Å². The highest BCUT2D eigenvalue weighted by atomic mass is 16.5. The second kappa shape index (κ2) is 17.4. The van der Waals surface area contributed by atoms with Crippen LogP contribution in [0, 0.1) is 0 Å². The van der Waals surface area contributed by atoms with Gasteiger partial charge in [-0.25, -0.2) is 19.2 Å². The van der Waals surface area contributed by atoms with Crippen molar-refractivity contribution < 1.29 is 64.0 Å². The molecule has 0 saturated carbocycles. The largest absolute Gasteiger partial charge is 0.508 e. The van der Waals surface area contributed by atoms with Crippen molar-refractivity contribution in [1.82, 2.24) is 0 Å². The number of aromatic carboxylic acids is 1. The van der Waals surface area contributed by atoms with Crippen LogP contribution in [0.4, 0.5) is 0 Å². The lowest BCUT2D eigenvalue weighted by Crippen LogP contribution is -2.06. The van der Waals surface area contributed by atoms with Crippen molar-refractivity contribution in [2.75, 3.05) is 21.3 Å². The molecule has 3 aromatic carbocycles. The van der Waals surface area contributed by atoms with Crippen LogP contribution in [0.3, 0.4) is 0 Å². The predicted octanol–water partition coefficient (Wildman–Crippen LogP) is 2.86. The second-order valence-corrected chi connectivity index (χ2v) is 7.64. The number of aliphatic hydroxyl groups is 2. The summed E-state index contributed by atoms with van der Waals surface area (Å²) in [6.45, 7) is -0.507. The minimum atomic E-state index is -1.12. The lowest BCUT2D eigenvalue weighted by molar-refractivity contribution is 0.0586. The van der Waals surface area contributed by atoms with Crippen LogP contribution < -0.4 is 0 Å². The molecule has 0 fully saturated rings. The molecular formula is C28H32O13. The number of carboxylic acid groups (broad SMARTS) is 1. The first-order valence-corrected chi connectivity index (χ1v) is 11.1. The molecule has 41 heavy (non-hydrogen) atoms. The zero-order chi connectivity index (χ0) is 30.4. The maximum Gasteiger partial charge on any atom is 0.338 e. The van der Waals surface area contributed by atoms with Gasteiger partial charge in [0, 0.05) is 0 Å². The van der Waals surface area contributed by atoms with Crippen LogP contribution in [0.15, 0.2) is 54.6 Å². The summed E-state index contributed by atoms with van der Waals surface area (Å²) in [6, 6.07) is 11.6. The van der Waals surface area contributed by atoms with E-state index >= 15 is 0 Å². The molecular weight excluding hydrogens is 544 g/mol. The van der Waals surface area contributed by atoms with Gasteiger partial charge in [-0.2, -0.15) is 0 Å². The third kappa shape index (κ3) is 11.6. The first kappa shape index (κ1) is 35.9. The molecule has 13 nitrogen and oxygen atoms in total. The zero-order valence-electron chi connectivity index (χ0n) is 21.7. The van der Waals surface area contributed by atoms with E-state index < -0.39 is 23.9 Å². The van der Waals surface area contributed by atoms with E-state index in [4.69, 9.17) is 25.5 Å². The summed E-state index contributed by atoms with van der Waals surface area (Å²) in [4.78, 5) is 43.7. The van der Waals surface area contributed by atoms with Gasteiger partial charge in [-0.05, 0) is 65.7 Å². The van der Waals surface area contributed by atoms with Crippen molar-refractivity contribution in [2.24, 2.45) is 0 Å². The summed E-state index contributed by atoms with van der Waals surface area (Å²) in [5.74, 6) is -3.33. The van der Waals surface area contributed by atoms with Gasteiger partial charge in [-0.15, -0.1) is 0 Å². The molecule has 0 saturated heterocycles. The summed E-state index contributed by atoms with van der Waals surface area (Å²) in [5.41, 5.74) is 1.24. The molecule has 0 atom stereocenters. The number of carbonyl (C=O) groups is 4. The number of carboxylic acids is 1. The summed E-state index contributed by atoms with van der Waals surface area (Å²) in [7, 11) is 3.68. The van der Waals surface area contributed by atoms with Crippen molar-refractivity contribution in [3.8, 4) is 17.2 Å². The highest BCUT2D eigenvalue weighted by Gasteiger charge is 2.13. The summed E-state index contributed by atoms with van der Waals surface area (Å²) < 4.78 is 13.4. The molecule has 0 spiro atoms. The van der Waals surface area contributed by atoms with Crippen LogP contribution in [-0.2, 0) is 27.4 Å².